The van der Waals surface area contributed by atoms with E-state index >= 15 is 0 Å². The summed E-state index contributed by atoms with van der Waals surface area (Å²) in [6.45, 7) is 9.03. The maximum Gasteiger partial charge on any atom is 0.222 e. The first kappa shape index (κ1) is 20.3. The zero-order valence-electron chi connectivity index (χ0n) is 16.9. The van der Waals surface area contributed by atoms with Gasteiger partial charge in [0, 0.05) is 55.2 Å². The van der Waals surface area contributed by atoms with Crippen molar-refractivity contribution in [3.05, 3.63) is 53.1 Å². The van der Waals surface area contributed by atoms with Gasteiger partial charge >= 0.3 is 0 Å². The minimum Gasteiger partial charge on any atom is -0.340 e. The number of piperazine rings is 1. The van der Waals surface area contributed by atoms with Crippen molar-refractivity contribution in [3.63, 3.8) is 0 Å². The van der Waals surface area contributed by atoms with Crippen molar-refractivity contribution >= 4 is 11.7 Å². The van der Waals surface area contributed by atoms with Gasteiger partial charge in [0.25, 0.3) is 0 Å². The second-order valence-electron chi connectivity index (χ2n) is 7.43. The number of Topliss-reactive ketones (excluding diaryl/α,β-unsaturated/α-hetero) is 1. The third kappa shape index (κ3) is 4.33. The Balaban J connectivity index is 1.67. The Morgan fingerprint density at radius 2 is 1.68 bits per heavy atom. The fourth-order valence-electron chi connectivity index (χ4n) is 3.85. The van der Waals surface area contributed by atoms with Crippen LogP contribution in [0, 0.1) is 19.7 Å². The average molecular weight is 385 g/mol. The second-order valence-corrected chi connectivity index (χ2v) is 7.43. The second kappa shape index (κ2) is 8.69. The number of benzene rings is 1. The summed E-state index contributed by atoms with van der Waals surface area (Å²) in [6, 6.07) is 8.19. The van der Waals surface area contributed by atoms with Gasteiger partial charge < -0.3 is 9.47 Å². The van der Waals surface area contributed by atoms with Gasteiger partial charge in [-0.3, -0.25) is 14.5 Å². The van der Waals surface area contributed by atoms with Gasteiger partial charge in [-0.1, -0.05) is 6.92 Å². The molecule has 0 bridgehead atoms. The Hall–Kier alpha value is -2.47. The molecule has 1 aromatic heterocycles. The lowest BCUT2D eigenvalue weighted by Crippen LogP contribution is -2.49. The number of hydrogen-bond acceptors (Lipinski definition) is 3. The van der Waals surface area contributed by atoms with E-state index in [1.54, 1.807) is 12.1 Å². The molecule has 0 saturated carbocycles. The van der Waals surface area contributed by atoms with E-state index in [0.717, 1.165) is 36.6 Å². The van der Waals surface area contributed by atoms with Crippen molar-refractivity contribution in [2.75, 3.05) is 32.7 Å². The van der Waals surface area contributed by atoms with E-state index in [9.17, 15) is 14.0 Å². The zero-order valence-corrected chi connectivity index (χ0v) is 16.9. The van der Waals surface area contributed by atoms with Crippen molar-refractivity contribution in [1.82, 2.24) is 14.4 Å². The molecule has 1 aromatic carbocycles. The molecule has 5 nitrogen and oxygen atoms in total. The number of nitrogens with zero attached hydrogens (tertiary/aromatic N) is 3. The molecule has 0 N–H and O–H groups in total. The highest BCUT2D eigenvalue weighted by Gasteiger charge is 2.24. The summed E-state index contributed by atoms with van der Waals surface area (Å²) in [5.74, 6) is 0.00480. The van der Waals surface area contributed by atoms with Gasteiger partial charge in [-0.25, -0.2) is 4.39 Å². The van der Waals surface area contributed by atoms with Gasteiger partial charge in [0.05, 0.1) is 6.54 Å². The van der Waals surface area contributed by atoms with E-state index in [1.807, 2.05) is 36.3 Å². The van der Waals surface area contributed by atoms with Crippen LogP contribution in [0.5, 0.6) is 0 Å². The minimum absolute atomic E-state index is 0.0785. The molecule has 2 heterocycles. The first-order valence-corrected chi connectivity index (χ1v) is 9.89. The predicted molar refractivity (Wildman–Crippen MR) is 107 cm³/mol. The summed E-state index contributed by atoms with van der Waals surface area (Å²) >= 11 is 0. The van der Waals surface area contributed by atoms with Crippen LogP contribution in [0.4, 0.5) is 4.39 Å². The highest BCUT2D eigenvalue weighted by Crippen LogP contribution is 2.22. The Morgan fingerprint density at radius 1 is 1.04 bits per heavy atom. The molecule has 1 fully saturated rings. The normalized spacial score (nSPS) is 15.1. The standard InChI is InChI=1S/C22H28FN3O2/c1-4-5-22(28)25-12-10-24(11-13-25)15-21(27)20-14-16(2)26(17(20)3)19-8-6-18(23)7-9-19/h6-9,14H,4-5,10-13,15H2,1-3H3. The fraction of sp³-hybridized carbons (Fsp3) is 0.455. The minimum atomic E-state index is -0.279. The number of amides is 1. The summed E-state index contributed by atoms with van der Waals surface area (Å²) in [7, 11) is 0. The van der Waals surface area contributed by atoms with Crippen molar-refractivity contribution in [3.8, 4) is 5.69 Å². The molecule has 1 saturated heterocycles. The topological polar surface area (TPSA) is 45.6 Å². The molecule has 2 aromatic rings. The van der Waals surface area contributed by atoms with Gasteiger partial charge in [0.15, 0.2) is 5.78 Å². The van der Waals surface area contributed by atoms with E-state index in [0.29, 0.717) is 31.6 Å². The van der Waals surface area contributed by atoms with E-state index in [-0.39, 0.29) is 17.5 Å². The number of hydrogen-bond donors (Lipinski definition) is 0. The smallest absolute Gasteiger partial charge is 0.222 e. The van der Waals surface area contributed by atoms with Crippen LogP contribution in [0.3, 0.4) is 0 Å². The Bertz CT molecular complexity index is 849. The molecular formula is C22H28FN3O2. The monoisotopic (exact) mass is 385 g/mol. The summed E-state index contributed by atoms with van der Waals surface area (Å²) in [5.41, 5.74) is 3.36. The molecule has 6 heteroatoms. The van der Waals surface area contributed by atoms with Crippen LogP contribution < -0.4 is 0 Å². The molecule has 1 aliphatic heterocycles. The van der Waals surface area contributed by atoms with Gasteiger partial charge in [0.1, 0.15) is 5.82 Å². The van der Waals surface area contributed by atoms with E-state index in [4.69, 9.17) is 0 Å². The molecule has 0 unspecified atom stereocenters. The molecule has 0 aliphatic carbocycles. The number of halogens is 1. The molecule has 150 valence electrons. The maximum absolute atomic E-state index is 13.2. The number of rotatable bonds is 6. The highest BCUT2D eigenvalue weighted by molar-refractivity contribution is 5.99. The maximum atomic E-state index is 13.2. The molecule has 1 amide bonds. The molecule has 1 aliphatic rings. The Labute approximate surface area is 165 Å². The number of aryl methyl sites for hydroxylation is 1. The van der Waals surface area contributed by atoms with Crippen LogP contribution in [0.2, 0.25) is 0 Å². The summed E-state index contributed by atoms with van der Waals surface area (Å²) in [5, 5.41) is 0. The molecule has 3 rings (SSSR count). The van der Waals surface area contributed by atoms with Gasteiger partial charge in [-0.05, 0) is 50.6 Å². The predicted octanol–water partition coefficient (Wildman–Crippen LogP) is 3.36. The van der Waals surface area contributed by atoms with Crippen LogP contribution in [0.15, 0.2) is 30.3 Å². The first-order chi connectivity index (χ1) is 13.4. The van der Waals surface area contributed by atoms with Gasteiger partial charge in [-0.15, -0.1) is 0 Å². The van der Waals surface area contributed by atoms with Crippen LogP contribution in [-0.2, 0) is 4.79 Å². The summed E-state index contributed by atoms with van der Waals surface area (Å²) in [6.07, 6.45) is 1.45. The lowest BCUT2D eigenvalue weighted by molar-refractivity contribution is -0.132. The largest absolute Gasteiger partial charge is 0.340 e. The summed E-state index contributed by atoms with van der Waals surface area (Å²) < 4.78 is 15.2. The third-order valence-corrected chi connectivity index (χ3v) is 5.37. The molecule has 28 heavy (non-hydrogen) atoms. The van der Waals surface area contributed by atoms with Crippen molar-refractivity contribution < 1.29 is 14.0 Å². The van der Waals surface area contributed by atoms with Gasteiger partial charge in [-0.2, -0.15) is 0 Å². The Kier molecular flexibility index (Phi) is 6.29. The molecular weight excluding hydrogens is 357 g/mol. The van der Waals surface area contributed by atoms with Crippen LogP contribution in [-0.4, -0.2) is 58.8 Å². The van der Waals surface area contributed by atoms with E-state index in [1.165, 1.54) is 12.1 Å². The van der Waals surface area contributed by atoms with Crippen LogP contribution >= 0.6 is 0 Å². The summed E-state index contributed by atoms with van der Waals surface area (Å²) in [4.78, 5) is 28.9. The SMILES string of the molecule is CCCC(=O)N1CCN(CC(=O)c2cc(C)n(-c3ccc(F)cc3)c2C)CC1. The quantitative estimate of drug-likeness (QED) is 0.717. The Morgan fingerprint density at radius 3 is 2.29 bits per heavy atom. The molecule has 0 radical (unpaired) electrons. The number of aromatic nitrogens is 1. The van der Waals surface area contributed by atoms with Crippen molar-refractivity contribution in [1.29, 1.82) is 0 Å². The highest BCUT2D eigenvalue weighted by atomic mass is 19.1. The lowest BCUT2D eigenvalue weighted by atomic mass is 10.1. The first-order valence-electron chi connectivity index (χ1n) is 9.89. The number of carbonyl (C=O) groups excluding carboxylic acids is 2. The molecule has 0 atom stereocenters. The number of ketones is 1. The van der Waals surface area contributed by atoms with Crippen LogP contribution in [0.1, 0.15) is 41.5 Å². The van der Waals surface area contributed by atoms with Crippen molar-refractivity contribution in [2.45, 2.75) is 33.6 Å². The third-order valence-electron chi connectivity index (χ3n) is 5.37. The average Bonchev–Trinajstić information content (AvgIpc) is 2.98. The van der Waals surface area contributed by atoms with E-state index < -0.39 is 0 Å². The zero-order chi connectivity index (χ0) is 20.3. The molecule has 0 spiro atoms. The fourth-order valence-corrected chi connectivity index (χ4v) is 3.85. The van der Waals surface area contributed by atoms with E-state index in [2.05, 4.69) is 4.90 Å². The lowest BCUT2D eigenvalue weighted by Gasteiger charge is -2.34. The van der Waals surface area contributed by atoms with Gasteiger partial charge in [0.2, 0.25) is 5.91 Å². The number of carbonyl (C=O) groups is 2. The van der Waals surface area contributed by atoms with Crippen LogP contribution in [0.25, 0.3) is 5.69 Å². The van der Waals surface area contributed by atoms with Crippen molar-refractivity contribution in [2.24, 2.45) is 0 Å².